The summed E-state index contributed by atoms with van der Waals surface area (Å²) in [5, 5.41) is 5.23. The van der Waals surface area contributed by atoms with E-state index in [4.69, 9.17) is 0 Å². The number of imidazole rings is 1. The second kappa shape index (κ2) is 9.36. The zero-order valence-corrected chi connectivity index (χ0v) is 19.8. The van der Waals surface area contributed by atoms with E-state index in [1.807, 2.05) is 11.9 Å². The van der Waals surface area contributed by atoms with Crippen LogP contribution in [0.25, 0.3) is 11.4 Å². The molecule has 11 heteroatoms. The number of hydrogen-bond acceptors (Lipinski definition) is 4. The second-order valence-electron chi connectivity index (χ2n) is 9.55. The SMILES string of the molecule is CNC(=O)C(NC(=O)c1nc(-c2cc(C(F)(F)F)ccc2F)n2c1CN(C)CCC2)C(C)(C)C. The van der Waals surface area contributed by atoms with Crippen LogP contribution in [0.2, 0.25) is 0 Å². The van der Waals surface area contributed by atoms with Gasteiger partial charge < -0.3 is 20.1 Å². The standard InChI is InChI=1S/C23H29F4N5O2/c1-22(2,3)18(21(34)28-4)30-20(33)17-16-12-31(5)9-6-10-32(16)19(29-17)14-11-13(23(25,26)27)7-8-15(14)24/h7-8,11,18H,6,9-10,12H2,1-5H3,(H,28,34)(H,30,33). The van der Waals surface area contributed by atoms with Gasteiger partial charge in [0, 0.05) is 20.1 Å². The number of likely N-dealkylation sites (N-methyl/N-ethyl adjacent to an activating group) is 1. The summed E-state index contributed by atoms with van der Waals surface area (Å²) in [7, 11) is 3.30. The molecule has 0 saturated carbocycles. The number of fused-ring (bicyclic) bond motifs is 1. The topological polar surface area (TPSA) is 79.3 Å². The quantitative estimate of drug-likeness (QED) is 0.654. The van der Waals surface area contributed by atoms with Gasteiger partial charge in [-0.25, -0.2) is 9.37 Å². The first-order chi connectivity index (χ1) is 15.7. The average Bonchev–Trinajstić information content (AvgIpc) is 2.96. The lowest BCUT2D eigenvalue weighted by atomic mass is 9.86. The van der Waals surface area contributed by atoms with Gasteiger partial charge in [-0.3, -0.25) is 9.59 Å². The van der Waals surface area contributed by atoms with Crippen LogP contribution in [-0.2, 0) is 24.1 Å². The van der Waals surface area contributed by atoms with Gasteiger partial charge in [-0.05, 0) is 43.6 Å². The van der Waals surface area contributed by atoms with Crippen LogP contribution in [0.4, 0.5) is 17.6 Å². The minimum absolute atomic E-state index is 0.0429. The van der Waals surface area contributed by atoms with Gasteiger partial charge in [0.1, 0.15) is 17.7 Å². The molecule has 0 spiro atoms. The van der Waals surface area contributed by atoms with Crippen LogP contribution in [0, 0.1) is 11.2 Å². The van der Waals surface area contributed by atoms with Crippen LogP contribution in [0.3, 0.4) is 0 Å². The Labute approximate surface area is 195 Å². The number of carbonyl (C=O) groups excluding carboxylic acids is 2. The summed E-state index contributed by atoms with van der Waals surface area (Å²) >= 11 is 0. The van der Waals surface area contributed by atoms with Crippen molar-refractivity contribution < 1.29 is 27.2 Å². The smallest absolute Gasteiger partial charge is 0.357 e. The molecule has 1 aromatic carbocycles. The van der Waals surface area contributed by atoms with Gasteiger partial charge >= 0.3 is 6.18 Å². The van der Waals surface area contributed by atoms with Gasteiger partial charge in [0.2, 0.25) is 5.91 Å². The van der Waals surface area contributed by atoms with E-state index in [-0.39, 0.29) is 23.6 Å². The fourth-order valence-electron chi connectivity index (χ4n) is 4.00. The minimum Gasteiger partial charge on any atom is -0.357 e. The summed E-state index contributed by atoms with van der Waals surface area (Å²) in [6, 6.07) is 1.25. The molecule has 2 N–H and O–H groups in total. The number of aromatic nitrogens is 2. The van der Waals surface area contributed by atoms with Gasteiger partial charge in [0.15, 0.2) is 5.69 Å². The third-order valence-electron chi connectivity index (χ3n) is 5.81. The molecule has 1 aromatic heterocycles. The summed E-state index contributed by atoms with van der Waals surface area (Å²) in [4.78, 5) is 32.0. The average molecular weight is 484 g/mol. The first-order valence-corrected chi connectivity index (χ1v) is 10.9. The predicted molar refractivity (Wildman–Crippen MR) is 118 cm³/mol. The van der Waals surface area contributed by atoms with E-state index in [1.54, 1.807) is 25.3 Å². The Bertz CT molecular complexity index is 1090. The van der Waals surface area contributed by atoms with Crippen LogP contribution < -0.4 is 10.6 Å². The Morgan fingerprint density at radius 2 is 1.82 bits per heavy atom. The normalized spacial score (nSPS) is 15.9. The van der Waals surface area contributed by atoms with Crippen molar-refractivity contribution in [3.05, 3.63) is 41.0 Å². The van der Waals surface area contributed by atoms with Gasteiger partial charge in [-0.1, -0.05) is 20.8 Å². The van der Waals surface area contributed by atoms with Crippen LogP contribution in [0.15, 0.2) is 18.2 Å². The number of rotatable bonds is 4. The van der Waals surface area contributed by atoms with Crippen molar-refractivity contribution >= 4 is 11.8 Å². The van der Waals surface area contributed by atoms with Crippen molar-refractivity contribution in [2.24, 2.45) is 5.41 Å². The molecule has 1 atom stereocenters. The third kappa shape index (κ3) is 5.24. The first-order valence-electron chi connectivity index (χ1n) is 10.9. The zero-order valence-electron chi connectivity index (χ0n) is 19.8. The highest BCUT2D eigenvalue weighted by molar-refractivity contribution is 5.97. The number of carbonyl (C=O) groups is 2. The third-order valence-corrected chi connectivity index (χ3v) is 5.81. The summed E-state index contributed by atoms with van der Waals surface area (Å²) < 4.78 is 56.3. The monoisotopic (exact) mass is 483 g/mol. The number of benzene rings is 1. The maximum atomic E-state index is 14.7. The van der Waals surface area contributed by atoms with Crippen LogP contribution in [0.5, 0.6) is 0 Å². The molecular formula is C23H29F4N5O2. The predicted octanol–water partition coefficient (Wildman–Crippen LogP) is 3.43. The summed E-state index contributed by atoms with van der Waals surface area (Å²) in [5.41, 5.74) is -1.56. The molecule has 1 aliphatic rings. The number of nitrogens with one attached hydrogen (secondary N) is 2. The van der Waals surface area contributed by atoms with Crippen LogP contribution >= 0.6 is 0 Å². The molecule has 1 aliphatic heterocycles. The number of hydrogen-bond donors (Lipinski definition) is 2. The summed E-state index contributed by atoms with van der Waals surface area (Å²) in [5.74, 6) is -1.97. The van der Waals surface area contributed by atoms with Crippen molar-refractivity contribution in [1.82, 2.24) is 25.1 Å². The maximum absolute atomic E-state index is 14.7. The highest BCUT2D eigenvalue weighted by Gasteiger charge is 2.36. The molecule has 3 rings (SSSR count). The van der Waals surface area contributed by atoms with Crippen molar-refractivity contribution in [1.29, 1.82) is 0 Å². The fourth-order valence-corrected chi connectivity index (χ4v) is 4.00. The van der Waals surface area contributed by atoms with Gasteiger partial charge in [-0.2, -0.15) is 13.2 Å². The molecule has 2 amide bonds. The molecule has 0 fully saturated rings. The molecule has 1 unspecified atom stereocenters. The molecular weight excluding hydrogens is 454 g/mol. The van der Waals surface area contributed by atoms with E-state index < -0.39 is 40.8 Å². The van der Waals surface area contributed by atoms with E-state index in [0.29, 0.717) is 37.3 Å². The Kier molecular flexibility index (Phi) is 7.07. The Morgan fingerprint density at radius 3 is 2.41 bits per heavy atom. The lowest BCUT2D eigenvalue weighted by Crippen LogP contribution is -2.53. The molecule has 7 nitrogen and oxygen atoms in total. The fraction of sp³-hybridized carbons (Fsp3) is 0.522. The van der Waals surface area contributed by atoms with Crippen LogP contribution in [0.1, 0.15) is 48.9 Å². The summed E-state index contributed by atoms with van der Waals surface area (Å²) in [6.45, 7) is 6.68. The van der Waals surface area contributed by atoms with Crippen molar-refractivity contribution in [3.8, 4) is 11.4 Å². The lowest BCUT2D eigenvalue weighted by Gasteiger charge is -2.29. The van der Waals surface area contributed by atoms with Crippen LogP contribution in [-0.4, -0.2) is 52.9 Å². The van der Waals surface area contributed by atoms with E-state index in [2.05, 4.69) is 15.6 Å². The number of amides is 2. The first kappa shape index (κ1) is 25.7. The van der Waals surface area contributed by atoms with Gasteiger partial charge in [0.25, 0.3) is 5.91 Å². The highest BCUT2D eigenvalue weighted by atomic mass is 19.4. The Hall–Kier alpha value is -2.95. The van der Waals surface area contributed by atoms with Crippen molar-refractivity contribution in [3.63, 3.8) is 0 Å². The molecule has 0 aliphatic carbocycles. The van der Waals surface area contributed by atoms with Gasteiger partial charge in [-0.15, -0.1) is 0 Å². The molecule has 34 heavy (non-hydrogen) atoms. The molecule has 2 heterocycles. The number of alkyl halides is 3. The zero-order chi connectivity index (χ0) is 25.4. The lowest BCUT2D eigenvalue weighted by molar-refractivity contribution is -0.137. The second-order valence-corrected chi connectivity index (χ2v) is 9.55. The number of nitrogens with zero attached hydrogens (tertiary/aromatic N) is 3. The Balaban J connectivity index is 2.14. The molecule has 0 saturated heterocycles. The van der Waals surface area contributed by atoms with Crippen molar-refractivity contribution in [2.45, 2.75) is 52.5 Å². The van der Waals surface area contributed by atoms with E-state index in [1.165, 1.54) is 7.05 Å². The van der Waals surface area contributed by atoms with E-state index >= 15 is 0 Å². The van der Waals surface area contributed by atoms with E-state index in [0.717, 1.165) is 6.07 Å². The molecule has 0 bridgehead atoms. The minimum atomic E-state index is -4.66. The molecule has 2 aromatic rings. The molecule has 186 valence electrons. The Morgan fingerprint density at radius 1 is 1.15 bits per heavy atom. The largest absolute Gasteiger partial charge is 0.416 e. The molecule has 0 radical (unpaired) electrons. The maximum Gasteiger partial charge on any atom is 0.416 e. The highest BCUT2D eigenvalue weighted by Crippen LogP contribution is 2.35. The summed E-state index contributed by atoms with van der Waals surface area (Å²) in [6.07, 6.45) is -4.03. The van der Waals surface area contributed by atoms with E-state index in [9.17, 15) is 27.2 Å². The number of halogens is 4. The van der Waals surface area contributed by atoms with Crippen molar-refractivity contribution in [2.75, 3.05) is 20.6 Å². The van der Waals surface area contributed by atoms with Gasteiger partial charge in [0.05, 0.1) is 16.8 Å².